The van der Waals surface area contributed by atoms with E-state index in [2.05, 4.69) is 20.7 Å². The van der Waals surface area contributed by atoms with Crippen LogP contribution in [0.25, 0.3) is 0 Å². The van der Waals surface area contributed by atoms with E-state index in [9.17, 15) is 26.3 Å². The first-order valence-electron chi connectivity index (χ1n) is 2.50. The molecule has 12 heavy (non-hydrogen) atoms. The minimum atomic E-state index is -5.42. The molecule has 0 aliphatic rings. The Morgan fingerprint density at radius 2 is 1.33 bits per heavy atom. The third-order valence-corrected chi connectivity index (χ3v) is 1.09. The standard InChI is InChI=1S/C4H3BrF6O/c5-1-12-2(3(6,7)8)4(9,10)11/h2H,1H2. The van der Waals surface area contributed by atoms with Crippen molar-refractivity contribution in [3.05, 3.63) is 0 Å². The van der Waals surface area contributed by atoms with E-state index in [0.717, 1.165) is 0 Å². The Kier molecular flexibility index (Phi) is 3.83. The molecule has 0 aromatic heterocycles. The van der Waals surface area contributed by atoms with Gasteiger partial charge in [0.25, 0.3) is 0 Å². The largest absolute Gasteiger partial charge is 0.423 e. The minimum Gasteiger partial charge on any atom is -0.349 e. The molecule has 0 amide bonds. The monoisotopic (exact) mass is 260 g/mol. The summed E-state index contributed by atoms with van der Waals surface area (Å²) in [5, 5.41) is 0. The number of alkyl halides is 7. The van der Waals surface area contributed by atoms with Crippen molar-refractivity contribution in [1.29, 1.82) is 0 Å². The maximum Gasteiger partial charge on any atom is 0.423 e. The van der Waals surface area contributed by atoms with Crippen LogP contribution in [0.3, 0.4) is 0 Å². The molecule has 0 atom stereocenters. The van der Waals surface area contributed by atoms with Crippen LogP contribution in [0.15, 0.2) is 0 Å². The van der Waals surface area contributed by atoms with Gasteiger partial charge in [-0.3, -0.25) is 0 Å². The molecule has 0 aromatic carbocycles. The number of halogens is 7. The van der Waals surface area contributed by atoms with Gasteiger partial charge in [0, 0.05) is 0 Å². The van der Waals surface area contributed by atoms with E-state index < -0.39 is 24.0 Å². The van der Waals surface area contributed by atoms with Crippen molar-refractivity contribution >= 4 is 15.9 Å². The summed E-state index contributed by atoms with van der Waals surface area (Å²) in [6, 6.07) is 0. The third kappa shape index (κ3) is 3.61. The molecule has 1 nitrogen and oxygen atoms in total. The Morgan fingerprint density at radius 3 is 1.42 bits per heavy atom. The molecule has 0 fully saturated rings. The first kappa shape index (κ1) is 12.0. The molecule has 0 aromatic rings. The van der Waals surface area contributed by atoms with E-state index in [1.165, 1.54) is 0 Å². The van der Waals surface area contributed by atoms with Crippen LogP contribution in [0.4, 0.5) is 26.3 Å². The van der Waals surface area contributed by atoms with Gasteiger partial charge in [-0.25, -0.2) is 0 Å². The average Bonchev–Trinajstić information content (AvgIpc) is 1.77. The van der Waals surface area contributed by atoms with Crippen molar-refractivity contribution in [1.82, 2.24) is 0 Å². The maximum atomic E-state index is 11.5. The van der Waals surface area contributed by atoms with E-state index in [0.29, 0.717) is 0 Å². The lowest BCUT2D eigenvalue weighted by Gasteiger charge is -2.21. The summed E-state index contributed by atoms with van der Waals surface area (Å²) >= 11 is 2.31. The average molecular weight is 261 g/mol. The SMILES string of the molecule is FC(F)(F)C(OCBr)C(F)(F)F. The van der Waals surface area contributed by atoms with Crippen molar-refractivity contribution in [3.63, 3.8) is 0 Å². The van der Waals surface area contributed by atoms with E-state index in [1.807, 2.05) is 0 Å². The second kappa shape index (κ2) is 3.82. The molecule has 0 radical (unpaired) electrons. The third-order valence-electron chi connectivity index (χ3n) is 0.824. The van der Waals surface area contributed by atoms with Crippen LogP contribution < -0.4 is 0 Å². The molecule has 0 rings (SSSR count). The second-order valence-electron chi connectivity index (χ2n) is 1.74. The zero-order valence-corrected chi connectivity index (χ0v) is 6.92. The summed E-state index contributed by atoms with van der Waals surface area (Å²) in [5.74, 6) is 0. The van der Waals surface area contributed by atoms with Crippen molar-refractivity contribution in [2.45, 2.75) is 18.5 Å². The molecule has 0 bridgehead atoms. The highest BCUT2D eigenvalue weighted by Gasteiger charge is 2.57. The molecule has 0 N–H and O–H groups in total. The summed E-state index contributed by atoms with van der Waals surface area (Å²) in [7, 11) is 0. The topological polar surface area (TPSA) is 9.23 Å². The van der Waals surface area contributed by atoms with Gasteiger partial charge < -0.3 is 4.74 Å². The van der Waals surface area contributed by atoms with Gasteiger partial charge in [-0.15, -0.1) is 0 Å². The van der Waals surface area contributed by atoms with Crippen LogP contribution >= 0.6 is 15.9 Å². The van der Waals surface area contributed by atoms with Crippen LogP contribution in [-0.2, 0) is 4.74 Å². The predicted molar refractivity (Wildman–Crippen MR) is 30.8 cm³/mol. The van der Waals surface area contributed by atoms with Crippen molar-refractivity contribution in [3.8, 4) is 0 Å². The quantitative estimate of drug-likeness (QED) is 0.548. The van der Waals surface area contributed by atoms with Crippen molar-refractivity contribution in [2.24, 2.45) is 0 Å². The fraction of sp³-hybridized carbons (Fsp3) is 1.00. The minimum absolute atomic E-state index is 0.823. The van der Waals surface area contributed by atoms with E-state index in [4.69, 9.17) is 0 Å². The molecule has 8 heteroatoms. The lowest BCUT2D eigenvalue weighted by atomic mass is 10.3. The van der Waals surface area contributed by atoms with Gasteiger partial charge in [0.2, 0.25) is 6.10 Å². The molecule has 0 aliphatic carbocycles. The molecule has 0 heterocycles. The molecule has 0 spiro atoms. The lowest BCUT2D eigenvalue weighted by molar-refractivity contribution is -0.317. The van der Waals surface area contributed by atoms with Gasteiger partial charge in [0.05, 0.1) is 0 Å². The first-order chi connectivity index (χ1) is 5.19. The van der Waals surface area contributed by atoms with Gasteiger partial charge in [-0.1, -0.05) is 15.9 Å². The molecule has 0 unspecified atom stereocenters. The smallest absolute Gasteiger partial charge is 0.349 e. The summed E-state index contributed by atoms with van der Waals surface area (Å²) < 4.78 is 72.7. The van der Waals surface area contributed by atoms with Crippen LogP contribution in [-0.4, -0.2) is 24.0 Å². The highest BCUT2D eigenvalue weighted by Crippen LogP contribution is 2.35. The fourth-order valence-electron chi connectivity index (χ4n) is 0.438. The van der Waals surface area contributed by atoms with E-state index in [1.54, 1.807) is 0 Å². The number of ether oxygens (including phenoxy) is 1. The zero-order chi connectivity index (χ0) is 9.99. The van der Waals surface area contributed by atoms with Crippen LogP contribution in [0.1, 0.15) is 0 Å². The molecule has 0 saturated heterocycles. The van der Waals surface area contributed by atoms with Gasteiger partial charge in [-0.2, -0.15) is 26.3 Å². The Hall–Kier alpha value is 0.0200. The molecular weight excluding hydrogens is 258 g/mol. The van der Waals surface area contributed by atoms with E-state index in [-0.39, 0.29) is 0 Å². The lowest BCUT2D eigenvalue weighted by Crippen LogP contribution is -2.44. The van der Waals surface area contributed by atoms with E-state index >= 15 is 0 Å². The van der Waals surface area contributed by atoms with Crippen molar-refractivity contribution < 1.29 is 31.1 Å². The summed E-state index contributed by atoms with van der Waals surface area (Å²) in [6.45, 7) is 0. The second-order valence-corrected chi connectivity index (χ2v) is 2.20. The van der Waals surface area contributed by atoms with Crippen LogP contribution in [0, 0.1) is 0 Å². The summed E-state index contributed by atoms with van der Waals surface area (Å²) in [4.78, 5) is 0. The van der Waals surface area contributed by atoms with Gasteiger partial charge in [0.1, 0.15) is 5.52 Å². The fourth-order valence-corrected chi connectivity index (χ4v) is 0.702. The Labute approximate surface area is 71.8 Å². The normalized spacial score (nSPS) is 14.0. The Bertz CT molecular complexity index is 125. The predicted octanol–water partition coefficient (Wildman–Crippen LogP) is 2.85. The van der Waals surface area contributed by atoms with Gasteiger partial charge in [0.15, 0.2) is 0 Å². The highest BCUT2D eigenvalue weighted by molar-refractivity contribution is 9.09. The summed E-state index contributed by atoms with van der Waals surface area (Å²) in [5.41, 5.74) is -0.823. The van der Waals surface area contributed by atoms with Gasteiger partial charge in [-0.05, 0) is 0 Å². The van der Waals surface area contributed by atoms with Crippen molar-refractivity contribution in [2.75, 3.05) is 5.52 Å². The molecule has 74 valence electrons. The first-order valence-corrected chi connectivity index (χ1v) is 3.62. The molecule has 0 aliphatic heterocycles. The number of rotatable bonds is 2. The molecule has 0 saturated carbocycles. The maximum absolute atomic E-state index is 11.5. The number of hydrogen-bond acceptors (Lipinski definition) is 1. The van der Waals surface area contributed by atoms with Crippen LogP contribution in [0.2, 0.25) is 0 Å². The van der Waals surface area contributed by atoms with Gasteiger partial charge >= 0.3 is 12.4 Å². The highest BCUT2D eigenvalue weighted by atomic mass is 79.9. The molecular formula is C4H3BrF6O. The Balaban J connectivity index is 4.45. The summed E-state index contributed by atoms with van der Waals surface area (Å²) in [6.07, 6.45) is -14.6. The number of hydrogen-bond donors (Lipinski definition) is 0. The Morgan fingerprint density at radius 1 is 1.00 bits per heavy atom. The van der Waals surface area contributed by atoms with Crippen LogP contribution in [0.5, 0.6) is 0 Å². The zero-order valence-electron chi connectivity index (χ0n) is 5.34.